The van der Waals surface area contributed by atoms with E-state index in [0.29, 0.717) is 43.7 Å². The Morgan fingerprint density at radius 1 is 1.12 bits per heavy atom. The molecular formula is C24H31ClFN3O3. The molecule has 8 heteroatoms. The zero-order chi connectivity index (χ0) is 22.3. The molecule has 174 valence electrons. The van der Waals surface area contributed by atoms with Gasteiger partial charge in [-0.15, -0.1) is 11.6 Å². The third-order valence-electron chi connectivity index (χ3n) is 7.73. The van der Waals surface area contributed by atoms with Gasteiger partial charge in [0.1, 0.15) is 5.82 Å². The average Bonchev–Trinajstić information content (AvgIpc) is 2.73. The summed E-state index contributed by atoms with van der Waals surface area (Å²) >= 11 is 6.87. The van der Waals surface area contributed by atoms with Gasteiger partial charge in [0, 0.05) is 36.6 Å². The smallest absolute Gasteiger partial charge is 0.230 e. The number of halogens is 2. The molecule has 1 aromatic rings. The van der Waals surface area contributed by atoms with Crippen LogP contribution in [0.1, 0.15) is 44.9 Å². The minimum absolute atomic E-state index is 0.0205. The van der Waals surface area contributed by atoms with E-state index in [1.54, 1.807) is 6.07 Å². The van der Waals surface area contributed by atoms with Crippen LogP contribution in [0.25, 0.3) is 0 Å². The topological polar surface area (TPSA) is 70.7 Å². The van der Waals surface area contributed by atoms with E-state index in [4.69, 9.17) is 16.3 Å². The van der Waals surface area contributed by atoms with Crippen LogP contribution in [0.2, 0.25) is 0 Å². The van der Waals surface area contributed by atoms with Crippen molar-refractivity contribution in [2.24, 2.45) is 17.3 Å². The highest BCUT2D eigenvalue weighted by molar-refractivity contribution is 6.24. The number of carbonyl (C=O) groups is 2. The summed E-state index contributed by atoms with van der Waals surface area (Å²) in [4.78, 5) is 27.6. The van der Waals surface area contributed by atoms with Gasteiger partial charge >= 0.3 is 0 Å². The lowest BCUT2D eigenvalue weighted by atomic mass is 9.49. The van der Waals surface area contributed by atoms with Crippen molar-refractivity contribution in [2.75, 3.05) is 43.5 Å². The summed E-state index contributed by atoms with van der Waals surface area (Å²) in [7, 11) is 0. The highest BCUT2D eigenvalue weighted by Crippen LogP contribution is 2.64. The normalized spacial score (nSPS) is 33.8. The summed E-state index contributed by atoms with van der Waals surface area (Å²) in [6, 6.07) is 4.35. The standard InChI is InChI=1S/C24H31ClFN3O3/c25-24-13-16-9-17(14-24)12-23(11-16,15-24)22(31)27-18-1-2-19(26)20(10-18)28-21(30)3-4-29-5-7-32-8-6-29/h1-2,10,16-17H,3-9,11-15H2,(H,27,31)(H,28,30). The number of hydrogen-bond donors (Lipinski definition) is 2. The van der Waals surface area contributed by atoms with Crippen LogP contribution < -0.4 is 10.6 Å². The fourth-order valence-corrected chi connectivity index (χ4v) is 7.37. The zero-order valence-electron chi connectivity index (χ0n) is 18.3. The number of rotatable bonds is 6. The summed E-state index contributed by atoms with van der Waals surface area (Å²) in [6.07, 6.45) is 5.97. The number of anilines is 2. The van der Waals surface area contributed by atoms with Crippen LogP contribution in [0.3, 0.4) is 0 Å². The van der Waals surface area contributed by atoms with Gasteiger partial charge in [-0.2, -0.15) is 0 Å². The second-order valence-electron chi connectivity index (χ2n) is 10.3. The number of carbonyl (C=O) groups excluding carboxylic acids is 2. The predicted octanol–water partition coefficient (Wildman–Crippen LogP) is 4.00. The maximum atomic E-state index is 14.4. The lowest BCUT2D eigenvalue weighted by molar-refractivity contribution is -0.138. The minimum atomic E-state index is -0.516. The highest BCUT2D eigenvalue weighted by atomic mass is 35.5. The molecule has 2 N–H and O–H groups in total. The Labute approximate surface area is 193 Å². The van der Waals surface area contributed by atoms with E-state index < -0.39 is 11.2 Å². The maximum Gasteiger partial charge on any atom is 0.230 e. The number of ether oxygens (including phenoxy) is 1. The molecule has 1 aliphatic heterocycles. The zero-order valence-corrected chi connectivity index (χ0v) is 19.1. The lowest BCUT2D eigenvalue weighted by Crippen LogP contribution is -2.57. The van der Waals surface area contributed by atoms with Crippen LogP contribution in [-0.4, -0.2) is 54.4 Å². The Hall–Kier alpha value is -1.70. The van der Waals surface area contributed by atoms with E-state index >= 15 is 0 Å². The largest absolute Gasteiger partial charge is 0.379 e. The molecule has 5 fully saturated rings. The first kappa shape index (κ1) is 22.1. The first-order valence-corrected chi connectivity index (χ1v) is 12.1. The molecule has 0 aromatic heterocycles. The number of nitrogens with zero attached hydrogens (tertiary/aromatic N) is 1. The molecular weight excluding hydrogens is 433 g/mol. The molecule has 2 amide bonds. The van der Waals surface area contributed by atoms with Gasteiger partial charge in [0.05, 0.1) is 24.3 Å². The Kier molecular flexibility index (Phi) is 5.93. The molecule has 2 atom stereocenters. The third kappa shape index (κ3) is 4.52. The number of amides is 2. The summed E-state index contributed by atoms with van der Waals surface area (Å²) in [6.45, 7) is 3.56. The van der Waals surface area contributed by atoms with Crippen molar-refractivity contribution in [3.05, 3.63) is 24.0 Å². The molecule has 0 radical (unpaired) electrons. The molecule has 1 heterocycles. The van der Waals surface area contributed by atoms with E-state index in [0.717, 1.165) is 38.8 Å². The van der Waals surface area contributed by atoms with Gasteiger partial charge in [0.2, 0.25) is 11.8 Å². The van der Waals surface area contributed by atoms with Crippen LogP contribution >= 0.6 is 11.6 Å². The van der Waals surface area contributed by atoms with Crippen molar-refractivity contribution in [3.8, 4) is 0 Å². The second kappa shape index (κ2) is 8.58. The molecule has 4 aliphatic carbocycles. The van der Waals surface area contributed by atoms with E-state index in [1.807, 2.05) is 0 Å². The Balaban J connectivity index is 1.22. The Morgan fingerprint density at radius 2 is 1.84 bits per heavy atom. The molecule has 6 nitrogen and oxygen atoms in total. The van der Waals surface area contributed by atoms with Crippen molar-refractivity contribution in [1.82, 2.24) is 4.90 Å². The molecule has 4 saturated carbocycles. The fourth-order valence-electron chi connectivity index (χ4n) is 6.68. The van der Waals surface area contributed by atoms with Crippen molar-refractivity contribution in [2.45, 2.75) is 49.8 Å². The van der Waals surface area contributed by atoms with Gasteiger partial charge in [-0.1, -0.05) is 0 Å². The summed E-state index contributed by atoms with van der Waals surface area (Å²) in [5, 5.41) is 5.66. The number of benzene rings is 1. The predicted molar refractivity (Wildman–Crippen MR) is 121 cm³/mol. The fraction of sp³-hybridized carbons (Fsp3) is 0.667. The maximum absolute atomic E-state index is 14.4. The summed E-state index contributed by atoms with van der Waals surface area (Å²) in [5.41, 5.74) is 0.162. The van der Waals surface area contributed by atoms with Crippen LogP contribution in [0.15, 0.2) is 18.2 Å². The van der Waals surface area contributed by atoms with E-state index in [1.165, 1.54) is 18.6 Å². The van der Waals surface area contributed by atoms with E-state index in [-0.39, 0.29) is 28.8 Å². The third-order valence-corrected chi connectivity index (χ3v) is 8.17. The van der Waals surface area contributed by atoms with Crippen LogP contribution in [0, 0.1) is 23.1 Å². The molecule has 2 unspecified atom stereocenters. The van der Waals surface area contributed by atoms with Gasteiger partial charge in [-0.3, -0.25) is 14.5 Å². The van der Waals surface area contributed by atoms with Crippen molar-refractivity contribution >= 4 is 34.8 Å². The van der Waals surface area contributed by atoms with E-state index in [9.17, 15) is 14.0 Å². The summed E-state index contributed by atoms with van der Waals surface area (Å²) in [5.74, 6) is 0.261. The van der Waals surface area contributed by atoms with Gasteiger partial charge in [-0.25, -0.2) is 4.39 Å². The first-order chi connectivity index (χ1) is 15.3. The van der Waals surface area contributed by atoms with Gasteiger partial charge in [0.15, 0.2) is 0 Å². The quantitative estimate of drug-likeness (QED) is 0.625. The van der Waals surface area contributed by atoms with Gasteiger partial charge in [-0.05, 0) is 68.6 Å². The molecule has 4 bridgehead atoms. The number of hydrogen-bond acceptors (Lipinski definition) is 4. The SMILES string of the molecule is O=C(CCN1CCOCC1)Nc1cc(NC(=O)C23CC4CC(CC(Cl)(C4)C2)C3)ccc1F. The minimum Gasteiger partial charge on any atom is -0.379 e. The average molecular weight is 464 g/mol. The summed E-state index contributed by atoms with van der Waals surface area (Å²) < 4.78 is 19.7. The van der Waals surface area contributed by atoms with Crippen LogP contribution in [0.4, 0.5) is 15.8 Å². The molecule has 1 saturated heterocycles. The van der Waals surface area contributed by atoms with Gasteiger partial charge in [0.25, 0.3) is 0 Å². The molecule has 0 spiro atoms. The molecule has 5 aliphatic rings. The van der Waals surface area contributed by atoms with E-state index in [2.05, 4.69) is 15.5 Å². The second-order valence-corrected chi connectivity index (χ2v) is 11.1. The Bertz CT molecular complexity index is 890. The number of nitrogens with one attached hydrogen (secondary N) is 2. The van der Waals surface area contributed by atoms with Crippen molar-refractivity contribution in [3.63, 3.8) is 0 Å². The first-order valence-electron chi connectivity index (χ1n) is 11.7. The van der Waals surface area contributed by atoms with Crippen molar-refractivity contribution in [1.29, 1.82) is 0 Å². The van der Waals surface area contributed by atoms with Crippen LogP contribution in [-0.2, 0) is 14.3 Å². The van der Waals surface area contributed by atoms with Gasteiger partial charge < -0.3 is 15.4 Å². The lowest BCUT2D eigenvalue weighted by Gasteiger charge is -2.59. The highest BCUT2D eigenvalue weighted by Gasteiger charge is 2.60. The Morgan fingerprint density at radius 3 is 2.53 bits per heavy atom. The van der Waals surface area contributed by atoms with Crippen LogP contribution in [0.5, 0.6) is 0 Å². The number of alkyl halides is 1. The molecule has 32 heavy (non-hydrogen) atoms. The molecule has 6 rings (SSSR count). The number of morpholine rings is 1. The monoisotopic (exact) mass is 463 g/mol. The van der Waals surface area contributed by atoms with Crippen molar-refractivity contribution < 1.29 is 18.7 Å². The molecule has 1 aromatic carbocycles.